The predicted octanol–water partition coefficient (Wildman–Crippen LogP) is 2.95. The van der Waals surface area contributed by atoms with Crippen molar-refractivity contribution in [1.29, 1.82) is 0 Å². The van der Waals surface area contributed by atoms with Crippen molar-refractivity contribution in [1.82, 2.24) is 10.2 Å². The zero-order valence-corrected chi connectivity index (χ0v) is 12.9. The summed E-state index contributed by atoms with van der Waals surface area (Å²) in [5.74, 6) is 0.147. The lowest BCUT2D eigenvalue weighted by Crippen LogP contribution is -2.42. The van der Waals surface area contributed by atoms with Crippen molar-refractivity contribution in [2.45, 2.75) is 45.7 Å². The van der Waals surface area contributed by atoms with E-state index in [1.54, 1.807) is 0 Å². The predicted molar refractivity (Wildman–Crippen MR) is 82.3 cm³/mol. The molecule has 0 bridgehead atoms. The number of rotatable bonds is 5. The molecule has 0 unspecified atom stereocenters. The molecule has 1 fully saturated rings. The number of piperidine rings is 1. The molecule has 1 aliphatic heterocycles. The SMILES string of the molecule is CC[C@H](C)NC(=O)C1CCN(Cc2ccc(F)cc2)CC1. The monoisotopic (exact) mass is 292 g/mol. The van der Waals surface area contributed by atoms with Crippen LogP contribution >= 0.6 is 0 Å². The second-order valence-corrected chi connectivity index (χ2v) is 5.99. The van der Waals surface area contributed by atoms with Gasteiger partial charge >= 0.3 is 0 Å². The first-order chi connectivity index (χ1) is 10.1. The largest absolute Gasteiger partial charge is 0.353 e. The van der Waals surface area contributed by atoms with E-state index in [1.807, 2.05) is 19.1 Å². The smallest absolute Gasteiger partial charge is 0.223 e. The maximum absolute atomic E-state index is 12.9. The third kappa shape index (κ3) is 4.81. The molecule has 0 spiro atoms. The maximum Gasteiger partial charge on any atom is 0.223 e. The summed E-state index contributed by atoms with van der Waals surface area (Å²) in [6.07, 6.45) is 2.78. The van der Waals surface area contributed by atoms with E-state index < -0.39 is 0 Å². The van der Waals surface area contributed by atoms with Crippen LogP contribution in [0.25, 0.3) is 0 Å². The molecule has 0 saturated carbocycles. The highest BCUT2D eigenvalue weighted by Crippen LogP contribution is 2.19. The van der Waals surface area contributed by atoms with E-state index in [9.17, 15) is 9.18 Å². The third-order valence-corrected chi connectivity index (χ3v) is 4.28. The van der Waals surface area contributed by atoms with Gasteiger partial charge < -0.3 is 5.32 Å². The first-order valence-corrected chi connectivity index (χ1v) is 7.85. The number of nitrogens with zero attached hydrogens (tertiary/aromatic N) is 1. The molecule has 3 nitrogen and oxygen atoms in total. The van der Waals surface area contributed by atoms with E-state index in [1.165, 1.54) is 12.1 Å². The Morgan fingerprint density at radius 1 is 1.33 bits per heavy atom. The number of amides is 1. The molecule has 1 aromatic rings. The second-order valence-electron chi connectivity index (χ2n) is 5.99. The minimum Gasteiger partial charge on any atom is -0.353 e. The minimum absolute atomic E-state index is 0.142. The first-order valence-electron chi connectivity index (χ1n) is 7.85. The molecule has 1 aromatic carbocycles. The van der Waals surface area contributed by atoms with Crippen LogP contribution in [-0.2, 0) is 11.3 Å². The van der Waals surface area contributed by atoms with Crippen molar-refractivity contribution in [3.05, 3.63) is 35.6 Å². The van der Waals surface area contributed by atoms with Gasteiger partial charge in [-0.2, -0.15) is 0 Å². The van der Waals surface area contributed by atoms with Crippen LogP contribution in [0.2, 0.25) is 0 Å². The van der Waals surface area contributed by atoms with Crippen LogP contribution in [-0.4, -0.2) is 29.9 Å². The number of nitrogens with one attached hydrogen (secondary N) is 1. The molecule has 4 heteroatoms. The van der Waals surface area contributed by atoms with Gasteiger partial charge in [-0.15, -0.1) is 0 Å². The van der Waals surface area contributed by atoms with E-state index in [2.05, 4.69) is 17.1 Å². The Balaban J connectivity index is 1.77. The Bertz CT molecular complexity index is 452. The summed E-state index contributed by atoms with van der Waals surface area (Å²) in [7, 11) is 0. The fraction of sp³-hybridized carbons (Fsp3) is 0.588. The highest BCUT2D eigenvalue weighted by Gasteiger charge is 2.25. The van der Waals surface area contributed by atoms with Gasteiger partial charge in [0.15, 0.2) is 0 Å². The number of hydrogen-bond acceptors (Lipinski definition) is 2. The fourth-order valence-corrected chi connectivity index (χ4v) is 2.66. The molecule has 2 rings (SSSR count). The van der Waals surface area contributed by atoms with Gasteiger partial charge in [-0.1, -0.05) is 19.1 Å². The van der Waals surface area contributed by atoms with Crippen LogP contribution in [0.4, 0.5) is 4.39 Å². The number of hydrogen-bond donors (Lipinski definition) is 1. The second kappa shape index (κ2) is 7.55. The van der Waals surface area contributed by atoms with Crippen molar-refractivity contribution in [2.75, 3.05) is 13.1 Å². The molecule has 0 aliphatic carbocycles. The number of likely N-dealkylation sites (tertiary alicyclic amines) is 1. The van der Waals surface area contributed by atoms with Gasteiger partial charge in [0, 0.05) is 18.5 Å². The Kier molecular flexibility index (Phi) is 5.74. The van der Waals surface area contributed by atoms with E-state index >= 15 is 0 Å². The van der Waals surface area contributed by atoms with Crippen molar-refractivity contribution in [3.8, 4) is 0 Å². The molecular formula is C17H25FN2O. The number of benzene rings is 1. The van der Waals surface area contributed by atoms with Crippen molar-refractivity contribution < 1.29 is 9.18 Å². The van der Waals surface area contributed by atoms with E-state index in [0.29, 0.717) is 0 Å². The van der Waals surface area contributed by atoms with Crippen molar-refractivity contribution in [3.63, 3.8) is 0 Å². The van der Waals surface area contributed by atoms with Crippen LogP contribution in [0.1, 0.15) is 38.7 Å². The molecule has 21 heavy (non-hydrogen) atoms. The Hall–Kier alpha value is -1.42. The summed E-state index contributed by atoms with van der Waals surface area (Å²) in [5.41, 5.74) is 1.12. The lowest BCUT2D eigenvalue weighted by atomic mass is 9.95. The highest BCUT2D eigenvalue weighted by molar-refractivity contribution is 5.79. The van der Waals surface area contributed by atoms with Gasteiger partial charge in [-0.25, -0.2) is 4.39 Å². The number of carbonyl (C=O) groups excluding carboxylic acids is 1. The molecule has 1 atom stereocenters. The lowest BCUT2D eigenvalue weighted by Gasteiger charge is -2.31. The first kappa shape index (κ1) is 16.0. The van der Waals surface area contributed by atoms with Crippen LogP contribution in [0, 0.1) is 11.7 Å². The molecule has 1 aliphatic rings. The lowest BCUT2D eigenvalue weighted by molar-refractivity contribution is -0.127. The van der Waals surface area contributed by atoms with E-state index in [0.717, 1.165) is 44.5 Å². The summed E-state index contributed by atoms with van der Waals surface area (Å²) in [6.45, 7) is 6.81. The standard InChI is InChI=1S/C17H25FN2O/c1-3-13(2)19-17(21)15-8-10-20(11-9-15)12-14-4-6-16(18)7-5-14/h4-7,13,15H,3,8-12H2,1-2H3,(H,19,21)/t13-/m0/s1. The summed E-state index contributed by atoms with van der Waals surface area (Å²) in [5, 5.41) is 3.07. The summed E-state index contributed by atoms with van der Waals surface area (Å²) in [6, 6.07) is 6.92. The number of halogens is 1. The van der Waals surface area contributed by atoms with Gasteiger partial charge in [0.25, 0.3) is 0 Å². The molecule has 116 valence electrons. The quantitative estimate of drug-likeness (QED) is 0.905. The zero-order chi connectivity index (χ0) is 15.2. The van der Waals surface area contributed by atoms with Crippen LogP contribution in [0.3, 0.4) is 0 Å². The number of carbonyl (C=O) groups is 1. The zero-order valence-electron chi connectivity index (χ0n) is 12.9. The molecule has 0 radical (unpaired) electrons. The third-order valence-electron chi connectivity index (χ3n) is 4.28. The summed E-state index contributed by atoms with van der Waals surface area (Å²) < 4.78 is 12.9. The van der Waals surface area contributed by atoms with Gasteiger partial charge in [-0.05, 0) is 57.0 Å². The van der Waals surface area contributed by atoms with Crippen LogP contribution < -0.4 is 5.32 Å². The normalized spacial score (nSPS) is 18.4. The molecule has 1 heterocycles. The summed E-state index contributed by atoms with van der Waals surface area (Å²) >= 11 is 0. The average Bonchev–Trinajstić information content (AvgIpc) is 2.50. The Morgan fingerprint density at radius 3 is 2.52 bits per heavy atom. The van der Waals surface area contributed by atoms with Crippen LogP contribution in [0.5, 0.6) is 0 Å². The van der Waals surface area contributed by atoms with Crippen molar-refractivity contribution in [2.24, 2.45) is 5.92 Å². The van der Waals surface area contributed by atoms with Crippen molar-refractivity contribution >= 4 is 5.91 Å². The Labute approximate surface area is 126 Å². The average molecular weight is 292 g/mol. The molecular weight excluding hydrogens is 267 g/mol. The summed E-state index contributed by atoms with van der Waals surface area (Å²) in [4.78, 5) is 14.4. The van der Waals surface area contributed by atoms with E-state index in [4.69, 9.17) is 0 Å². The molecule has 1 amide bonds. The highest BCUT2D eigenvalue weighted by atomic mass is 19.1. The molecule has 1 N–H and O–H groups in total. The van der Waals surface area contributed by atoms with E-state index in [-0.39, 0.29) is 23.7 Å². The molecule has 1 saturated heterocycles. The minimum atomic E-state index is -0.195. The van der Waals surface area contributed by atoms with Gasteiger partial charge in [0.1, 0.15) is 5.82 Å². The van der Waals surface area contributed by atoms with Crippen LogP contribution in [0.15, 0.2) is 24.3 Å². The van der Waals surface area contributed by atoms with Gasteiger partial charge in [0.2, 0.25) is 5.91 Å². The maximum atomic E-state index is 12.9. The molecule has 0 aromatic heterocycles. The Morgan fingerprint density at radius 2 is 1.95 bits per heavy atom. The fourth-order valence-electron chi connectivity index (χ4n) is 2.66. The topological polar surface area (TPSA) is 32.3 Å². The van der Waals surface area contributed by atoms with Gasteiger partial charge in [0.05, 0.1) is 0 Å². The van der Waals surface area contributed by atoms with Gasteiger partial charge in [-0.3, -0.25) is 9.69 Å².